The molecule has 2 aromatic rings. The van der Waals surface area contributed by atoms with E-state index in [-0.39, 0.29) is 30.0 Å². The number of anilines is 1. The molecule has 1 atom stereocenters. The predicted molar refractivity (Wildman–Crippen MR) is 100 cm³/mol. The average molecular weight is 371 g/mol. The predicted octanol–water partition coefficient (Wildman–Crippen LogP) is 1.90. The molecule has 1 N–H and O–H groups in total. The van der Waals surface area contributed by atoms with Crippen LogP contribution >= 0.6 is 11.3 Å². The van der Waals surface area contributed by atoms with Crippen molar-refractivity contribution in [1.82, 2.24) is 9.80 Å². The fraction of sp³-hybridized carbons (Fsp3) is 0.368. The molecule has 0 aliphatic carbocycles. The molecule has 2 saturated heterocycles. The van der Waals surface area contributed by atoms with Crippen LogP contribution in [-0.4, -0.2) is 58.9 Å². The van der Waals surface area contributed by atoms with Gasteiger partial charge in [0.15, 0.2) is 0 Å². The zero-order valence-corrected chi connectivity index (χ0v) is 15.2. The molecule has 2 aliphatic heterocycles. The molecule has 0 unspecified atom stereocenters. The second-order valence-corrected chi connectivity index (χ2v) is 7.69. The quantitative estimate of drug-likeness (QED) is 0.832. The molecule has 1 aromatic heterocycles. The summed E-state index contributed by atoms with van der Waals surface area (Å²) in [5.41, 5.74) is 1.07. The highest BCUT2D eigenvalue weighted by Gasteiger charge is 2.42. The molecule has 0 radical (unpaired) electrons. The molecule has 3 heterocycles. The number of carbonyl (C=O) groups excluding carboxylic acids is 2. The van der Waals surface area contributed by atoms with Gasteiger partial charge in [0.05, 0.1) is 19.0 Å². The van der Waals surface area contributed by atoms with E-state index in [1.54, 1.807) is 23.5 Å². The zero-order chi connectivity index (χ0) is 18.1. The van der Waals surface area contributed by atoms with Crippen LogP contribution in [0.5, 0.6) is 5.75 Å². The summed E-state index contributed by atoms with van der Waals surface area (Å²) < 4.78 is 0. The van der Waals surface area contributed by atoms with Gasteiger partial charge in [-0.25, -0.2) is 0 Å². The number of hydrogen-bond donors (Lipinski definition) is 1. The lowest BCUT2D eigenvalue weighted by atomic mass is 10.1. The highest BCUT2D eigenvalue weighted by Crippen LogP contribution is 2.25. The number of nitrogens with zero attached hydrogens (tertiary/aromatic N) is 3. The number of rotatable bonds is 4. The Hall–Kier alpha value is -2.38. The summed E-state index contributed by atoms with van der Waals surface area (Å²) in [5, 5.41) is 11.4. The molecule has 26 heavy (non-hydrogen) atoms. The van der Waals surface area contributed by atoms with Gasteiger partial charge in [-0.15, -0.1) is 11.3 Å². The second-order valence-electron chi connectivity index (χ2n) is 6.66. The number of amides is 2. The van der Waals surface area contributed by atoms with Crippen molar-refractivity contribution in [1.29, 1.82) is 0 Å². The van der Waals surface area contributed by atoms with E-state index in [9.17, 15) is 14.7 Å². The summed E-state index contributed by atoms with van der Waals surface area (Å²) in [5.74, 6) is 0.115. The van der Waals surface area contributed by atoms with E-state index >= 15 is 0 Å². The maximum atomic E-state index is 12.8. The molecule has 4 rings (SSSR count). The van der Waals surface area contributed by atoms with Crippen molar-refractivity contribution < 1.29 is 14.7 Å². The molecule has 1 aromatic carbocycles. The minimum Gasteiger partial charge on any atom is -0.508 e. The van der Waals surface area contributed by atoms with Crippen LogP contribution < -0.4 is 4.90 Å². The van der Waals surface area contributed by atoms with Gasteiger partial charge in [0.25, 0.3) is 0 Å². The van der Waals surface area contributed by atoms with Crippen molar-refractivity contribution in [3.8, 4) is 5.75 Å². The fourth-order valence-corrected chi connectivity index (χ4v) is 4.32. The lowest BCUT2D eigenvalue weighted by molar-refractivity contribution is -0.140. The van der Waals surface area contributed by atoms with Crippen LogP contribution in [0.1, 0.15) is 11.3 Å². The standard InChI is InChI=1S/C19H21N3O3S/c23-15-5-3-14(4-6-15)20-7-9-21(10-8-20)17-12-18(24)22(19(17)25)13-16-2-1-11-26-16/h1-6,11,17,23H,7-10,12-13H2/t17-/m1/s1. The van der Waals surface area contributed by atoms with Crippen LogP contribution in [0.25, 0.3) is 0 Å². The van der Waals surface area contributed by atoms with Crippen molar-refractivity contribution in [2.24, 2.45) is 0 Å². The van der Waals surface area contributed by atoms with E-state index < -0.39 is 0 Å². The summed E-state index contributed by atoms with van der Waals surface area (Å²) in [6, 6.07) is 10.7. The lowest BCUT2D eigenvalue weighted by Crippen LogP contribution is -2.52. The number of imide groups is 1. The van der Waals surface area contributed by atoms with E-state index in [0.717, 1.165) is 36.7 Å². The van der Waals surface area contributed by atoms with Gasteiger partial charge >= 0.3 is 0 Å². The summed E-state index contributed by atoms with van der Waals surface area (Å²) in [7, 11) is 0. The Kier molecular flexibility index (Phi) is 4.65. The van der Waals surface area contributed by atoms with Gasteiger partial charge in [-0.1, -0.05) is 6.07 Å². The van der Waals surface area contributed by atoms with Crippen LogP contribution in [0.15, 0.2) is 41.8 Å². The third-order valence-corrected chi connectivity index (χ3v) is 5.95. The topological polar surface area (TPSA) is 64.1 Å². The van der Waals surface area contributed by atoms with Crippen LogP contribution in [0, 0.1) is 0 Å². The third kappa shape index (κ3) is 3.32. The number of aromatic hydroxyl groups is 1. The van der Waals surface area contributed by atoms with Crippen molar-refractivity contribution in [3.63, 3.8) is 0 Å². The molecular formula is C19H21N3O3S. The summed E-state index contributed by atoms with van der Waals surface area (Å²) in [4.78, 5) is 31.9. The van der Waals surface area contributed by atoms with Crippen molar-refractivity contribution in [2.45, 2.75) is 19.0 Å². The first-order valence-electron chi connectivity index (χ1n) is 8.76. The first-order valence-corrected chi connectivity index (χ1v) is 9.64. The Balaban J connectivity index is 1.37. The van der Waals surface area contributed by atoms with Gasteiger partial charge in [-0.05, 0) is 35.7 Å². The number of thiophene rings is 1. The molecular weight excluding hydrogens is 350 g/mol. The molecule has 0 spiro atoms. The van der Waals surface area contributed by atoms with Gasteiger partial charge in [-0.2, -0.15) is 0 Å². The monoisotopic (exact) mass is 371 g/mol. The smallest absolute Gasteiger partial charge is 0.247 e. The van der Waals surface area contributed by atoms with Crippen LogP contribution in [-0.2, 0) is 16.1 Å². The molecule has 2 amide bonds. The maximum Gasteiger partial charge on any atom is 0.247 e. The largest absolute Gasteiger partial charge is 0.508 e. The summed E-state index contributed by atoms with van der Waals surface area (Å²) in [6.45, 7) is 3.48. The Morgan fingerprint density at radius 3 is 2.42 bits per heavy atom. The summed E-state index contributed by atoms with van der Waals surface area (Å²) in [6.07, 6.45) is 0.281. The van der Waals surface area contributed by atoms with E-state index in [0.29, 0.717) is 6.54 Å². The highest BCUT2D eigenvalue weighted by molar-refractivity contribution is 7.09. The molecule has 2 fully saturated rings. The highest BCUT2D eigenvalue weighted by atomic mass is 32.1. The van der Waals surface area contributed by atoms with Crippen LogP contribution in [0.2, 0.25) is 0 Å². The second kappa shape index (κ2) is 7.09. The van der Waals surface area contributed by atoms with Gasteiger partial charge < -0.3 is 10.0 Å². The maximum absolute atomic E-state index is 12.8. The van der Waals surface area contributed by atoms with Crippen molar-refractivity contribution in [3.05, 3.63) is 46.7 Å². The van der Waals surface area contributed by atoms with E-state index in [1.165, 1.54) is 4.90 Å². The molecule has 136 valence electrons. The number of carbonyl (C=O) groups is 2. The van der Waals surface area contributed by atoms with Gasteiger partial charge in [0.2, 0.25) is 11.8 Å². The van der Waals surface area contributed by atoms with Crippen LogP contribution in [0.3, 0.4) is 0 Å². The van der Waals surface area contributed by atoms with Crippen LogP contribution in [0.4, 0.5) is 5.69 Å². The van der Waals surface area contributed by atoms with Gasteiger partial charge in [-0.3, -0.25) is 19.4 Å². The number of likely N-dealkylation sites (tertiary alicyclic amines) is 1. The molecule has 0 bridgehead atoms. The first kappa shape index (κ1) is 17.1. The fourth-order valence-electron chi connectivity index (χ4n) is 3.63. The number of phenolic OH excluding ortho intramolecular Hbond substituents is 1. The Bertz CT molecular complexity index is 783. The van der Waals surface area contributed by atoms with Crippen molar-refractivity contribution in [2.75, 3.05) is 31.1 Å². The van der Waals surface area contributed by atoms with Crippen molar-refractivity contribution >= 4 is 28.8 Å². The number of phenols is 1. The molecule has 7 heteroatoms. The first-order chi connectivity index (χ1) is 12.6. The van der Waals surface area contributed by atoms with E-state index in [2.05, 4.69) is 9.80 Å². The lowest BCUT2D eigenvalue weighted by Gasteiger charge is -2.38. The summed E-state index contributed by atoms with van der Waals surface area (Å²) >= 11 is 1.57. The number of piperazine rings is 1. The molecule has 0 saturated carbocycles. The molecule has 6 nitrogen and oxygen atoms in total. The minimum absolute atomic E-state index is 0.0681. The van der Waals surface area contributed by atoms with E-state index in [1.807, 2.05) is 29.6 Å². The average Bonchev–Trinajstić information content (AvgIpc) is 3.26. The normalized spacial score (nSPS) is 21.6. The minimum atomic E-state index is -0.329. The zero-order valence-electron chi connectivity index (χ0n) is 14.4. The third-order valence-electron chi connectivity index (χ3n) is 5.08. The number of hydrogen-bond acceptors (Lipinski definition) is 6. The Morgan fingerprint density at radius 2 is 1.77 bits per heavy atom. The van der Waals surface area contributed by atoms with E-state index in [4.69, 9.17) is 0 Å². The number of benzene rings is 1. The Morgan fingerprint density at radius 1 is 1.04 bits per heavy atom. The molecule has 2 aliphatic rings. The van der Waals surface area contributed by atoms with Gasteiger partial charge in [0, 0.05) is 36.7 Å². The Labute approximate surface area is 156 Å². The SMILES string of the molecule is O=C1C[C@@H](N2CCN(c3ccc(O)cc3)CC2)C(=O)N1Cc1cccs1. The van der Waals surface area contributed by atoms with Gasteiger partial charge in [0.1, 0.15) is 5.75 Å².